The molecule has 2 aromatic rings. The van der Waals surface area contributed by atoms with Crippen LogP contribution in [0.3, 0.4) is 0 Å². The number of rotatable bonds is 5. The molecule has 0 unspecified atom stereocenters. The van der Waals surface area contributed by atoms with Gasteiger partial charge in [0.1, 0.15) is 0 Å². The van der Waals surface area contributed by atoms with E-state index in [-0.39, 0.29) is 22.9 Å². The maximum atomic E-state index is 13.1. The molecule has 2 aliphatic rings. The van der Waals surface area contributed by atoms with Gasteiger partial charge < -0.3 is 10.6 Å². The Morgan fingerprint density at radius 2 is 1.85 bits per heavy atom. The van der Waals surface area contributed by atoms with Gasteiger partial charge in [0, 0.05) is 37.3 Å². The number of hydrogen-bond acceptors (Lipinski definition) is 4. The lowest BCUT2D eigenvalue weighted by Gasteiger charge is -2.33. The van der Waals surface area contributed by atoms with Crippen LogP contribution in [0.25, 0.3) is 0 Å². The van der Waals surface area contributed by atoms with E-state index in [2.05, 4.69) is 10.6 Å². The lowest BCUT2D eigenvalue weighted by molar-refractivity contribution is 0.0951. The average molecular weight is 385 g/mol. The van der Waals surface area contributed by atoms with Gasteiger partial charge in [0.15, 0.2) is 0 Å². The van der Waals surface area contributed by atoms with E-state index in [4.69, 9.17) is 0 Å². The monoisotopic (exact) mass is 385 g/mol. The van der Waals surface area contributed by atoms with Gasteiger partial charge in [-0.1, -0.05) is 36.4 Å². The predicted octanol–water partition coefficient (Wildman–Crippen LogP) is 1.91. The zero-order valence-corrected chi connectivity index (χ0v) is 15.8. The summed E-state index contributed by atoms with van der Waals surface area (Å²) in [7, 11) is -3.66. The van der Waals surface area contributed by atoms with Crippen LogP contribution in [0.5, 0.6) is 0 Å². The molecule has 142 valence electrons. The van der Waals surface area contributed by atoms with Crippen molar-refractivity contribution < 1.29 is 13.2 Å². The molecule has 0 radical (unpaired) electrons. The van der Waals surface area contributed by atoms with Crippen LogP contribution < -0.4 is 10.6 Å². The molecule has 6 nitrogen and oxygen atoms in total. The summed E-state index contributed by atoms with van der Waals surface area (Å²) in [4.78, 5) is 12.4. The number of piperazine rings is 1. The molecule has 7 heteroatoms. The number of hydrogen-bond donors (Lipinski definition) is 2. The number of nitrogens with zero attached hydrogens (tertiary/aromatic N) is 1. The van der Waals surface area contributed by atoms with Gasteiger partial charge in [-0.2, -0.15) is 4.31 Å². The first-order valence-electron chi connectivity index (χ1n) is 9.23. The molecule has 2 aromatic carbocycles. The zero-order chi connectivity index (χ0) is 18.9. The summed E-state index contributed by atoms with van der Waals surface area (Å²) < 4.78 is 27.8. The van der Waals surface area contributed by atoms with Gasteiger partial charge in [0.25, 0.3) is 5.91 Å². The second kappa shape index (κ2) is 7.42. The molecular weight excluding hydrogens is 362 g/mol. The van der Waals surface area contributed by atoms with Gasteiger partial charge in [-0.15, -0.1) is 0 Å². The van der Waals surface area contributed by atoms with Crippen LogP contribution in [-0.2, 0) is 10.0 Å². The summed E-state index contributed by atoms with van der Waals surface area (Å²) in [6.07, 6.45) is 1.98. The first kappa shape index (κ1) is 18.2. The average Bonchev–Trinajstić information content (AvgIpc) is 3.53. The molecule has 1 saturated carbocycles. The van der Waals surface area contributed by atoms with Crippen LogP contribution >= 0.6 is 0 Å². The molecule has 0 spiro atoms. The van der Waals surface area contributed by atoms with Crippen LogP contribution in [0.15, 0.2) is 59.5 Å². The Bertz CT molecular complexity index is 926. The summed E-state index contributed by atoms with van der Waals surface area (Å²) >= 11 is 0. The Labute approximate surface area is 159 Å². The number of nitrogens with one attached hydrogen (secondary N) is 2. The third-order valence-electron chi connectivity index (χ3n) is 4.99. The van der Waals surface area contributed by atoms with Crippen LogP contribution in [-0.4, -0.2) is 44.3 Å². The Kier molecular flexibility index (Phi) is 4.99. The second-order valence-electron chi connectivity index (χ2n) is 7.06. The quantitative estimate of drug-likeness (QED) is 0.824. The van der Waals surface area contributed by atoms with E-state index in [0.29, 0.717) is 25.2 Å². The smallest absolute Gasteiger partial charge is 0.251 e. The zero-order valence-electron chi connectivity index (χ0n) is 15.0. The van der Waals surface area contributed by atoms with Crippen molar-refractivity contribution in [1.29, 1.82) is 0 Å². The largest absolute Gasteiger partial charge is 0.349 e. The number of carbonyl (C=O) groups is 1. The van der Waals surface area contributed by atoms with Crippen molar-refractivity contribution in [3.63, 3.8) is 0 Å². The SMILES string of the molecule is O=C(NC1CC1)c1cccc(S(=O)(=O)N2CCN[C@@H](c3ccccc3)C2)c1. The number of amides is 1. The van der Waals surface area contributed by atoms with Crippen LogP contribution in [0, 0.1) is 0 Å². The van der Waals surface area contributed by atoms with Gasteiger partial charge in [0.2, 0.25) is 10.0 Å². The van der Waals surface area contributed by atoms with Crippen molar-refractivity contribution in [2.24, 2.45) is 0 Å². The summed E-state index contributed by atoms with van der Waals surface area (Å²) in [6.45, 7) is 1.36. The molecule has 1 saturated heterocycles. The molecule has 0 aromatic heterocycles. The second-order valence-corrected chi connectivity index (χ2v) is 8.99. The van der Waals surface area contributed by atoms with Crippen LogP contribution in [0.4, 0.5) is 0 Å². The molecule has 0 bridgehead atoms. The first-order valence-corrected chi connectivity index (χ1v) is 10.7. The fourth-order valence-corrected chi connectivity index (χ4v) is 4.79. The maximum Gasteiger partial charge on any atom is 0.251 e. The van der Waals surface area contributed by atoms with E-state index in [9.17, 15) is 13.2 Å². The fraction of sp³-hybridized carbons (Fsp3) is 0.350. The highest BCUT2D eigenvalue weighted by atomic mass is 32.2. The van der Waals surface area contributed by atoms with Crippen molar-refractivity contribution in [2.75, 3.05) is 19.6 Å². The van der Waals surface area contributed by atoms with Crippen molar-refractivity contribution in [3.05, 3.63) is 65.7 Å². The summed E-state index contributed by atoms with van der Waals surface area (Å²) in [5.41, 5.74) is 1.45. The molecule has 1 amide bonds. The highest BCUT2D eigenvalue weighted by molar-refractivity contribution is 7.89. The normalized spacial score (nSPS) is 21.0. The predicted molar refractivity (Wildman–Crippen MR) is 103 cm³/mol. The van der Waals surface area contributed by atoms with E-state index in [1.165, 1.54) is 10.4 Å². The Morgan fingerprint density at radius 1 is 1.07 bits per heavy atom. The van der Waals surface area contributed by atoms with E-state index in [1.807, 2.05) is 30.3 Å². The van der Waals surface area contributed by atoms with Gasteiger partial charge in [0.05, 0.1) is 4.90 Å². The molecule has 2 N–H and O–H groups in total. The van der Waals surface area contributed by atoms with Crippen LogP contribution in [0.2, 0.25) is 0 Å². The van der Waals surface area contributed by atoms with Crippen molar-refractivity contribution >= 4 is 15.9 Å². The minimum Gasteiger partial charge on any atom is -0.349 e. The number of carbonyl (C=O) groups excluding carboxylic acids is 1. The van der Waals surface area contributed by atoms with Crippen molar-refractivity contribution in [2.45, 2.75) is 29.8 Å². The Morgan fingerprint density at radius 3 is 2.59 bits per heavy atom. The summed E-state index contributed by atoms with van der Waals surface area (Å²) in [5, 5.41) is 6.28. The molecule has 1 heterocycles. The fourth-order valence-electron chi connectivity index (χ4n) is 3.29. The molecule has 1 atom stereocenters. The maximum absolute atomic E-state index is 13.1. The van der Waals surface area contributed by atoms with Crippen LogP contribution in [0.1, 0.15) is 34.8 Å². The molecule has 2 fully saturated rings. The van der Waals surface area contributed by atoms with E-state index < -0.39 is 10.0 Å². The Balaban J connectivity index is 1.54. The third-order valence-corrected chi connectivity index (χ3v) is 6.85. The molecule has 4 rings (SSSR count). The number of benzene rings is 2. The standard InChI is InChI=1S/C20H23N3O3S/c24-20(22-17-9-10-17)16-7-4-8-18(13-16)27(25,26)23-12-11-21-19(14-23)15-5-2-1-3-6-15/h1-8,13,17,19,21H,9-12,14H2,(H,22,24)/t19-/m1/s1. The van der Waals surface area contributed by atoms with Gasteiger partial charge >= 0.3 is 0 Å². The molecule has 27 heavy (non-hydrogen) atoms. The molecule has 1 aliphatic heterocycles. The Hall–Kier alpha value is -2.22. The topological polar surface area (TPSA) is 78.5 Å². The van der Waals surface area contributed by atoms with Crippen molar-refractivity contribution in [3.8, 4) is 0 Å². The third kappa shape index (κ3) is 4.05. The van der Waals surface area contributed by atoms with Gasteiger partial charge in [-0.3, -0.25) is 4.79 Å². The van der Waals surface area contributed by atoms with E-state index in [1.54, 1.807) is 18.2 Å². The molecular formula is C20H23N3O3S. The van der Waals surface area contributed by atoms with E-state index >= 15 is 0 Å². The number of sulfonamides is 1. The van der Waals surface area contributed by atoms with Crippen molar-refractivity contribution in [1.82, 2.24) is 14.9 Å². The molecule has 1 aliphatic carbocycles. The minimum atomic E-state index is -3.66. The van der Waals surface area contributed by atoms with Gasteiger partial charge in [-0.05, 0) is 36.6 Å². The lowest BCUT2D eigenvalue weighted by atomic mass is 10.1. The summed E-state index contributed by atoms with van der Waals surface area (Å²) in [6, 6.07) is 16.3. The highest BCUT2D eigenvalue weighted by Gasteiger charge is 2.31. The highest BCUT2D eigenvalue weighted by Crippen LogP contribution is 2.24. The minimum absolute atomic E-state index is 0.0453. The lowest BCUT2D eigenvalue weighted by Crippen LogP contribution is -2.48. The summed E-state index contributed by atoms with van der Waals surface area (Å²) in [5.74, 6) is -0.211. The van der Waals surface area contributed by atoms with E-state index in [0.717, 1.165) is 18.4 Å². The van der Waals surface area contributed by atoms with Gasteiger partial charge in [-0.25, -0.2) is 8.42 Å². The first-order chi connectivity index (χ1) is 13.0.